The summed E-state index contributed by atoms with van der Waals surface area (Å²) < 4.78 is 5.26. The number of ether oxygens (including phenoxy) is 1. The Kier molecular flexibility index (Phi) is 5.32. The lowest BCUT2D eigenvalue weighted by molar-refractivity contribution is 0.0761. The Morgan fingerprint density at radius 1 is 1.22 bits per heavy atom. The van der Waals surface area contributed by atoms with E-state index in [2.05, 4.69) is 11.1 Å². The zero-order chi connectivity index (χ0) is 18.8. The number of methoxy groups -OCH3 is 1. The number of H-pyrrole nitrogens is 1. The van der Waals surface area contributed by atoms with Crippen LogP contribution in [0.2, 0.25) is 5.02 Å². The van der Waals surface area contributed by atoms with Gasteiger partial charge in [-0.05, 0) is 36.2 Å². The van der Waals surface area contributed by atoms with Gasteiger partial charge >= 0.3 is 0 Å². The number of hydrogen-bond acceptors (Lipinski definition) is 3. The number of carbonyl (C=O) groups is 1. The van der Waals surface area contributed by atoms with Crippen LogP contribution in [0.25, 0.3) is 10.9 Å². The highest BCUT2D eigenvalue weighted by atomic mass is 35.5. The number of hydrogen-bond donors (Lipinski definition) is 1. The van der Waals surface area contributed by atoms with Gasteiger partial charge in [0.15, 0.2) is 0 Å². The van der Waals surface area contributed by atoms with Gasteiger partial charge < -0.3 is 14.6 Å². The number of nitrogens with one attached hydrogen (secondary N) is 1. The van der Waals surface area contributed by atoms with Crippen molar-refractivity contribution in [3.63, 3.8) is 0 Å². The molecule has 2 aromatic carbocycles. The summed E-state index contributed by atoms with van der Waals surface area (Å²) in [7, 11) is 1.64. The molecule has 1 amide bonds. The van der Waals surface area contributed by atoms with Crippen LogP contribution in [-0.2, 0) is 0 Å². The maximum Gasteiger partial charge on any atom is 0.270 e. The minimum Gasteiger partial charge on any atom is -0.497 e. The first kappa shape index (κ1) is 18.3. The van der Waals surface area contributed by atoms with E-state index < -0.39 is 0 Å². The fourth-order valence-electron chi connectivity index (χ4n) is 3.48. The SMILES string of the molecule is COc1ccc2cc(C(=O)N3CCS[C@H](c4ccccc4Cl)CC3)[nH]c2c1. The predicted octanol–water partition coefficient (Wildman–Crippen LogP) is 5.15. The van der Waals surface area contributed by atoms with Crippen LogP contribution in [-0.4, -0.2) is 41.7 Å². The van der Waals surface area contributed by atoms with Crippen molar-refractivity contribution in [2.24, 2.45) is 0 Å². The molecule has 0 saturated carbocycles. The molecule has 1 aliphatic rings. The van der Waals surface area contributed by atoms with Gasteiger partial charge in [-0.1, -0.05) is 29.8 Å². The topological polar surface area (TPSA) is 45.3 Å². The minimum absolute atomic E-state index is 0.0468. The van der Waals surface area contributed by atoms with E-state index in [4.69, 9.17) is 16.3 Å². The molecule has 6 heteroatoms. The number of halogens is 1. The molecule has 1 atom stereocenters. The summed E-state index contributed by atoms with van der Waals surface area (Å²) >= 11 is 8.24. The van der Waals surface area contributed by atoms with E-state index >= 15 is 0 Å². The van der Waals surface area contributed by atoms with Crippen molar-refractivity contribution in [3.8, 4) is 5.75 Å². The van der Waals surface area contributed by atoms with E-state index in [9.17, 15) is 4.79 Å². The number of aromatic amines is 1. The molecular weight excluding hydrogens is 380 g/mol. The van der Waals surface area contributed by atoms with Crippen molar-refractivity contribution < 1.29 is 9.53 Å². The van der Waals surface area contributed by atoms with Gasteiger partial charge in [0.2, 0.25) is 0 Å². The van der Waals surface area contributed by atoms with Crippen LogP contribution in [0.5, 0.6) is 5.75 Å². The second-order valence-corrected chi connectivity index (χ2v) is 8.32. The molecule has 4 rings (SSSR count). The van der Waals surface area contributed by atoms with E-state index in [1.165, 1.54) is 0 Å². The van der Waals surface area contributed by atoms with Gasteiger partial charge in [0.1, 0.15) is 11.4 Å². The van der Waals surface area contributed by atoms with E-state index in [1.807, 2.05) is 59.1 Å². The van der Waals surface area contributed by atoms with Gasteiger partial charge in [0, 0.05) is 46.1 Å². The Balaban J connectivity index is 1.50. The molecule has 1 fully saturated rings. The smallest absolute Gasteiger partial charge is 0.270 e. The number of nitrogens with zero attached hydrogens (tertiary/aromatic N) is 1. The average molecular weight is 401 g/mol. The summed E-state index contributed by atoms with van der Waals surface area (Å²) in [4.78, 5) is 18.2. The Hall–Kier alpha value is -2.11. The number of fused-ring (bicyclic) bond motifs is 1. The zero-order valence-corrected chi connectivity index (χ0v) is 16.6. The van der Waals surface area contributed by atoms with E-state index in [-0.39, 0.29) is 5.91 Å². The number of carbonyl (C=O) groups excluding carboxylic acids is 1. The molecule has 1 aliphatic heterocycles. The Labute approximate surface area is 167 Å². The van der Waals surface area contributed by atoms with Crippen LogP contribution in [0.15, 0.2) is 48.5 Å². The molecule has 0 radical (unpaired) electrons. The van der Waals surface area contributed by atoms with Crippen molar-refractivity contribution in [2.75, 3.05) is 26.0 Å². The molecule has 140 valence electrons. The monoisotopic (exact) mass is 400 g/mol. The summed E-state index contributed by atoms with van der Waals surface area (Å²) in [5, 5.41) is 2.14. The molecule has 0 aliphatic carbocycles. The number of benzene rings is 2. The molecule has 2 heterocycles. The summed E-state index contributed by atoms with van der Waals surface area (Å²) in [5.41, 5.74) is 2.70. The first-order chi connectivity index (χ1) is 13.2. The van der Waals surface area contributed by atoms with Crippen LogP contribution in [0.1, 0.15) is 27.7 Å². The minimum atomic E-state index is 0.0468. The Morgan fingerprint density at radius 2 is 2.07 bits per heavy atom. The molecule has 3 aromatic rings. The maximum atomic E-state index is 13.0. The van der Waals surface area contributed by atoms with Crippen LogP contribution in [0.3, 0.4) is 0 Å². The predicted molar refractivity (Wildman–Crippen MR) is 112 cm³/mol. The quantitative estimate of drug-likeness (QED) is 0.661. The van der Waals surface area contributed by atoms with Gasteiger partial charge in [-0.25, -0.2) is 0 Å². The average Bonchev–Trinajstić information content (AvgIpc) is 2.96. The third-order valence-corrected chi connectivity index (χ3v) is 6.60. The van der Waals surface area contributed by atoms with Gasteiger partial charge in [-0.3, -0.25) is 4.79 Å². The first-order valence-corrected chi connectivity index (χ1v) is 10.4. The number of thioether (sulfide) groups is 1. The van der Waals surface area contributed by atoms with Gasteiger partial charge in [0.25, 0.3) is 5.91 Å². The van der Waals surface area contributed by atoms with E-state index in [0.29, 0.717) is 10.9 Å². The first-order valence-electron chi connectivity index (χ1n) is 8.98. The lowest BCUT2D eigenvalue weighted by atomic mass is 10.1. The van der Waals surface area contributed by atoms with Crippen molar-refractivity contribution in [3.05, 3.63) is 64.8 Å². The standard InChI is InChI=1S/C21H21ClN2O2S/c1-26-15-7-6-14-12-19(23-18(14)13-15)21(25)24-9-8-20(27-11-10-24)16-4-2-3-5-17(16)22/h2-7,12-13,20,23H,8-11H2,1H3/t20-/m0/s1. The van der Waals surface area contributed by atoms with Gasteiger partial charge in [-0.2, -0.15) is 11.8 Å². The van der Waals surface area contributed by atoms with Crippen LogP contribution in [0.4, 0.5) is 0 Å². The normalized spacial score (nSPS) is 17.7. The summed E-state index contributed by atoms with van der Waals surface area (Å²) in [6.07, 6.45) is 0.897. The molecule has 1 N–H and O–H groups in total. The Bertz CT molecular complexity index is 972. The van der Waals surface area contributed by atoms with Gasteiger partial charge in [-0.15, -0.1) is 0 Å². The summed E-state index contributed by atoms with van der Waals surface area (Å²) in [6.45, 7) is 1.46. The maximum absolute atomic E-state index is 13.0. The third kappa shape index (κ3) is 3.80. The fraction of sp³-hybridized carbons (Fsp3) is 0.286. The van der Waals surface area contributed by atoms with E-state index in [1.54, 1.807) is 7.11 Å². The second-order valence-electron chi connectivity index (χ2n) is 6.60. The summed E-state index contributed by atoms with van der Waals surface area (Å²) in [6, 6.07) is 15.7. The largest absolute Gasteiger partial charge is 0.497 e. The molecule has 0 spiro atoms. The number of rotatable bonds is 3. The highest BCUT2D eigenvalue weighted by Crippen LogP contribution is 2.38. The second kappa shape index (κ2) is 7.87. The Morgan fingerprint density at radius 3 is 2.89 bits per heavy atom. The molecule has 0 unspecified atom stereocenters. The fourth-order valence-corrected chi connectivity index (χ4v) is 5.08. The molecule has 27 heavy (non-hydrogen) atoms. The third-order valence-electron chi connectivity index (χ3n) is 4.94. The number of aromatic nitrogens is 1. The lowest BCUT2D eigenvalue weighted by Gasteiger charge is -2.19. The van der Waals surface area contributed by atoms with Crippen LogP contribution in [0, 0.1) is 0 Å². The van der Waals surface area contributed by atoms with Crippen LogP contribution < -0.4 is 4.74 Å². The molecule has 4 nitrogen and oxygen atoms in total. The zero-order valence-electron chi connectivity index (χ0n) is 15.1. The van der Waals surface area contributed by atoms with Gasteiger partial charge in [0.05, 0.1) is 7.11 Å². The van der Waals surface area contributed by atoms with Crippen molar-refractivity contribution >= 4 is 40.2 Å². The highest BCUT2D eigenvalue weighted by Gasteiger charge is 2.24. The van der Waals surface area contributed by atoms with Crippen LogP contribution >= 0.6 is 23.4 Å². The molecule has 0 bridgehead atoms. The summed E-state index contributed by atoms with van der Waals surface area (Å²) in [5.74, 6) is 1.72. The lowest BCUT2D eigenvalue weighted by Crippen LogP contribution is -2.33. The van der Waals surface area contributed by atoms with E-state index in [0.717, 1.165) is 52.5 Å². The molecule has 1 aromatic heterocycles. The van der Waals surface area contributed by atoms with Crippen molar-refractivity contribution in [1.29, 1.82) is 0 Å². The highest BCUT2D eigenvalue weighted by molar-refractivity contribution is 7.99. The van der Waals surface area contributed by atoms with Crippen molar-refractivity contribution in [1.82, 2.24) is 9.88 Å². The number of amides is 1. The molecular formula is C21H21ClN2O2S. The molecule has 1 saturated heterocycles. The van der Waals surface area contributed by atoms with Crippen molar-refractivity contribution in [2.45, 2.75) is 11.7 Å².